The number of nitriles is 1. The van der Waals surface area contributed by atoms with Crippen molar-refractivity contribution in [3.05, 3.63) is 53.1 Å². The molecule has 0 fully saturated rings. The Kier molecular flexibility index (Phi) is 5.29. The molecule has 7 nitrogen and oxygen atoms in total. The Morgan fingerprint density at radius 3 is 2.64 bits per heavy atom. The van der Waals surface area contributed by atoms with Gasteiger partial charge in [0.1, 0.15) is 0 Å². The molecule has 1 heterocycles. The molecule has 0 spiro atoms. The number of Topliss-reactive ketones (excluding diaryl/α,β-unsaturated/α-hetero) is 1. The molecule has 0 amide bonds. The molecule has 1 atom stereocenters. The number of anilines is 1. The summed E-state index contributed by atoms with van der Waals surface area (Å²) < 4.78 is 36.1. The van der Waals surface area contributed by atoms with Crippen LogP contribution in [0.1, 0.15) is 28.4 Å². The number of hydrogen-bond donors (Lipinski definition) is 0. The second-order valence-electron chi connectivity index (χ2n) is 6.64. The molecule has 1 aliphatic rings. The molecule has 0 saturated carbocycles. The molecule has 0 unspecified atom stereocenters. The normalized spacial score (nSPS) is 15.6. The second-order valence-corrected chi connectivity index (χ2v) is 8.50. The molecule has 0 N–H and O–H groups in total. The summed E-state index contributed by atoms with van der Waals surface area (Å²) in [6.07, 6.45) is 1.73. The Hall–Kier alpha value is -3.05. The largest absolute Gasteiger partial charge is 0.493 e. The smallest absolute Gasteiger partial charge is 0.232 e. The van der Waals surface area contributed by atoms with Crippen LogP contribution < -0.4 is 13.8 Å². The predicted molar refractivity (Wildman–Crippen MR) is 104 cm³/mol. The maximum absolute atomic E-state index is 12.6. The average molecular weight is 400 g/mol. The molecule has 0 radical (unpaired) electrons. The predicted octanol–water partition coefficient (Wildman–Crippen LogP) is 2.54. The van der Waals surface area contributed by atoms with Crippen molar-refractivity contribution in [1.29, 1.82) is 5.26 Å². The lowest BCUT2D eigenvalue weighted by Crippen LogP contribution is -2.34. The number of benzene rings is 2. The molecule has 0 aromatic heterocycles. The zero-order valence-electron chi connectivity index (χ0n) is 15.8. The lowest BCUT2D eigenvalue weighted by atomic mass is 10.0. The van der Waals surface area contributed by atoms with Gasteiger partial charge in [-0.3, -0.25) is 9.10 Å². The third kappa shape index (κ3) is 3.80. The van der Waals surface area contributed by atoms with E-state index in [0.717, 1.165) is 5.56 Å². The number of ether oxygens (including phenoxy) is 2. The zero-order valence-corrected chi connectivity index (χ0v) is 16.6. The van der Waals surface area contributed by atoms with E-state index in [9.17, 15) is 13.2 Å². The van der Waals surface area contributed by atoms with E-state index < -0.39 is 10.0 Å². The van der Waals surface area contributed by atoms with Gasteiger partial charge in [0, 0.05) is 17.7 Å². The molecular weight excluding hydrogens is 380 g/mol. The summed E-state index contributed by atoms with van der Waals surface area (Å²) in [6, 6.07) is 11.5. The molecule has 0 bridgehead atoms. The van der Waals surface area contributed by atoms with Crippen molar-refractivity contribution < 1.29 is 22.7 Å². The highest BCUT2D eigenvalue weighted by Gasteiger charge is 2.32. The quantitative estimate of drug-likeness (QED) is 0.692. The van der Waals surface area contributed by atoms with Crippen LogP contribution in [-0.2, 0) is 16.4 Å². The lowest BCUT2D eigenvalue weighted by molar-refractivity contribution is 0.0919. The minimum absolute atomic E-state index is 0.186. The summed E-state index contributed by atoms with van der Waals surface area (Å²) in [6.45, 7) is 1.63. The maximum atomic E-state index is 12.6. The van der Waals surface area contributed by atoms with Gasteiger partial charge in [-0.25, -0.2) is 8.42 Å². The van der Waals surface area contributed by atoms with Gasteiger partial charge in [0.25, 0.3) is 0 Å². The van der Waals surface area contributed by atoms with Gasteiger partial charge in [-0.1, -0.05) is 0 Å². The maximum Gasteiger partial charge on any atom is 0.232 e. The first kappa shape index (κ1) is 19.7. The number of sulfonamides is 1. The summed E-state index contributed by atoms with van der Waals surface area (Å²) >= 11 is 0. The van der Waals surface area contributed by atoms with E-state index in [1.54, 1.807) is 30.3 Å². The Labute approximate surface area is 164 Å². The van der Waals surface area contributed by atoms with E-state index in [2.05, 4.69) is 0 Å². The fraction of sp³-hybridized carbons (Fsp3) is 0.300. The number of rotatable bonds is 6. The van der Waals surface area contributed by atoms with E-state index in [1.807, 2.05) is 13.0 Å². The molecule has 0 aliphatic carbocycles. The first-order valence-corrected chi connectivity index (χ1v) is 10.5. The van der Waals surface area contributed by atoms with Crippen molar-refractivity contribution in [1.82, 2.24) is 0 Å². The minimum atomic E-state index is -3.37. The Morgan fingerprint density at radius 1 is 1.25 bits per heavy atom. The number of carbonyl (C=O) groups excluding carboxylic acids is 1. The highest BCUT2D eigenvalue weighted by Crippen LogP contribution is 2.35. The molecule has 0 saturated heterocycles. The highest BCUT2D eigenvalue weighted by atomic mass is 32.2. The number of nitrogens with zero attached hydrogens (tertiary/aromatic N) is 2. The first-order chi connectivity index (χ1) is 13.2. The molecule has 2 aromatic rings. The van der Waals surface area contributed by atoms with Gasteiger partial charge in [-0.15, -0.1) is 0 Å². The summed E-state index contributed by atoms with van der Waals surface area (Å²) in [5.74, 6) is 0.506. The topological polar surface area (TPSA) is 96.7 Å². The number of ketones is 1. The first-order valence-electron chi connectivity index (χ1n) is 8.61. The van der Waals surface area contributed by atoms with Gasteiger partial charge in [0.05, 0.1) is 30.7 Å². The number of hydrogen-bond acceptors (Lipinski definition) is 6. The molecule has 2 aromatic carbocycles. The van der Waals surface area contributed by atoms with Crippen LogP contribution in [0.15, 0.2) is 36.4 Å². The standard InChI is InChI=1S/C20H20N2O5S/c1-13-8-16-10-15(5-6-17(16)22(13)28(3,24)25)18(23)12-27-19-7-4-14(11-21)9-20(19)26-2/h4-7,9-10,13H,8,12H2,1-3H3/t13-/m0/s1. The van der Waals surface area contributed by atoms with E-state index in [4.69, 9.17) is 14.7 Å². The molecule has 3 rings (SSSR count). The summed E-state index contributed by atoms with van der Waals surface area (Å²) in [5.41, 5.74) is 2.31. The third-order valence-electron chi connectivity index (χ3n) is 4.56. The van der Waals surface area contributed by atoms with E-state index in [-0.39, 0.29) is 18.4 Å². The Balaban J connectivity index is 1.77. The molecular formula is C20H20N2O5S. The van der Waals surface area contributed by atoms with Crippen molar-refractivity contribution in [3.63, 3.8) is 0 Å². The fourth-order valence-corrected chi connectivity index (χ4v) is 4.63. The van der Waals surface area contributed by atoms with Gasteiger partial charge in [-0.05, 0) is 49.2 Å². The molecule has 146 valence electrons. The van der Waals surface area contributed by atoms with E-state index in [0.29, 0.717) is 34.7 Å². The van der Waals surface area contributed by atoms with Crippen molar-refractivity contribution in [2.75, 3.05) is 24.3 Å². The summed E-state index contributed by atoms with van der Waals surface area (Å²) in [5, 5.41) is 8.94. The highest BCUT2D eigenvalue weighted by molar-refractivity contribution is 7.92. The zero-order chi connectivity index (χ0) is 20.5. The fourth-order valence-electron chi connectivity index (χ4n) is 3.36. The van der Waals surface area contributed by atoms with Gasteiger partial charge in [-0.2, -0.15) is 5.26 Å². The van der Waals surface area contributed by atoms with Crippen molar-refractivity contribution in [3.8, 4) is 17.6 Å². The van der Waals surface area contributed by atoms with Crippen molar-refractivity contribution >= 4 is 21.5 Å². The SMILES string of the molecule is COc1cc(C#N)ccc1OCC(=O)c1ccc2c(c1)C[C@H](C)N2S(C)(=O)=O. The van der Waals surface area contributed by atoms with Crippen LogP contribution in [0.25, 0.3) is 0 Å². The summed E-state index contributed by atoms with van der Waals surface area (Å²) in [7, 11) is -1.91. The number of carbonyl (C=O) groups is 1. The molecule has 1 aliphatic heterocycles. The van der Waals surface area contributed by atoms with E-state index in [1.165, 1.54) is 23.7 Å². The van der Waals surface area contributed by atoms with Crippen LogP contribution in [0, 0.1) is 11.3 Å². The Morgan fingerprint density at radius 2 is 2.00 bits per heavy atom. The second kappa shape index (κ2) is 7.52. The Bertz CT molecular complexity index is 1070. The third-order valence-corrected chi connectivity index (χ3v) is 5.83. The van der Waals surface area contributed by atoms with Crippen LogP contribution in [-0.4, -0.2) is 40.2 Å². The van der Waals surface area contributed by atoms with Crippen molar-refractivity contribution in [2.45, 2.75) is 19.4 Å². The van der Waals surface area contributed by atoms with Crippen LogP contribution in [0.3, 0.4) is 0 Å². The van der Waals surface area contributed by atoms with Crippen LogP contribution >= 0.6 is 0 Å². The van der Waals surface area contributed by atoms with Crippen LogP contribution in [0.5, 0.6) is 11.5 Å². The van der Waals surface area contributed by atoms with Gasteiger partial charge < -0.3 is 9.47 Å². The van der Waals surface area contributed by atoms with Gasteiger partial charge in [0.2, 0.25) is 10.0 Å². The average Bonchev–Trinajstić information content (AvgIpc) is 3.00. The number of fused-ring (bicyclic) bond motifs is 1. The monoisotopic (exact) mass is 400 g/mol. The number of methoxy groups -OCH3 is 1. The van der Waals surface area contributed by atoms with Gasteiger partial charge >= 0.3 is 0 Å². The lowest BCUT2D eigenvalue weighted by Gasteiger charge is -2.21. The van der Waals surface area contributed by atoms with Crippen LogP contribution in [0.2, 0.25) is 0 Å². The van der Waals surface area contributed by atoms with Crippen LogP contribution in [0.4, 0.5) is 5.69 Å². The van der Waals surface area contributed by atoms with Gasteiger partial charge in [0.15, 0.2) is 23.9 Å². The van der Waals surface area contributed by atoms with Crippen molar-refractivity contribution in [2.24, 2.45) is 0 Å². The minimum Gasteiger partial charge on any atom is -0.493 e. The summed E-state index contributed by atoms with van der Waals surface area (Å²) in [4.78, 5) is 12.6. The molecule has 28 heavy (non-hydrogen) atoms. The van der Waals surface area contributed by atoms with E-state index >= 15 is 0 Å². The molecule has 8 heteroatoms.